The summed E-state index contributed by atoms with van der Waals surface area (Å²) in [5.41, 5.74) is 1.65. The molecule has 142 valence electrons. The first kappa shape index (κ1) is 17.8. The van der Waals surface area contributed by atoms with E-state index < -0.39 is 11.7 Å². The zero-order valence-corrected chi connectivity index (χ0v) is 14.7. The highest BCUT2D eigenvalue weighted by Crippen LogP contribution is 2.24. The normalized spacial score (nSPS) is 14.0. The van der Waals surface area contributed by atoms with Gasteiger partial charge in [0, 0.05) is 11.6 Å². The Kier molecular flexibility index (Phi) is 4.84. The highest BCUT2D eigenvalue weighted by molar-refractivity contribution is 6.09. The van der Waals surface area contributed by atoms with E-state index in [2.05, 4.69) is 25.8 Å². The summed E-state index contributed by atoms with van der Waals surface area (Å²) < 4.78 is 26.4. The van der Waals surface area contributed by atoms with Crippen molar-refractivity contribution in [1.29, 1.82) is 0 Å². The Morgan fingerprint density at radius 1 is 1.07 bits per heavy atom. The summed E-state index contributed by atoms with van der Waals surface area (Å²) >= 11 is 0. The van der Waals surface area contributed by atoms with Gasteiger partial charge in [-0.2, -0.15) is 5.10 Å². The van der Waals surface area contributed by atoms with Crippen molar-refractivity contribution >= 4 is 17.7 Å². The van der Waals surface area contributed by atoms with E-state index in [-0.39, 0.29) is 23.4 Å². The summed E-state index contributed by atoms with van der Waals surface area (Å²) in [7, 11) is 0. The fraction of sp³-hybridized carbons (Fsp3) is 0.150. The topological polar surface area (TPSA) is 82.2 Å². The molecule has 0 saturated heterocycles. The molecule has 1 heterocycles. The van der Waals surface area contributed by atoms with Crippen LogP contribution in [-0.4, -0.2) is 28.1 Å². The first-order valence-corrected chi connectivity index (χ1v) is 8.80. The van der Waals surface area contributed by atoms with Gasteiger partial charge in [-0.3, -0.25) is 15.2 Å². The SMILES string of the molecule is O=C(NC(=NC1CC1)Nc1cc(-c2ccc(F)cc2)[nH]n1)c1cccc(F)c1. The molecule has 28 heavy (non-hydrogen) atoms. The van der Waals surface area contributed by atoms with Crippen LogP contribution in [0.15, 0.2) is 59.6 Å². The van der Waals surface area contributed by atoms with Crippen LogP contribution in [0.4, 0.5) is 14.6 Å². The number of carbonyl (C=O) groups excluding carboxylic acids is 1. The van der Waals surface area contributed by atoms with Crippen LogP contribution in [0.5, 0.6) is 0 Å². The maximum atomic E-state index is 13.4. The number of nitrogens with zero attached hydrogens (tertiary/aromatic N) is 2. The van der Waals surface area contributed by atoms with Crippen LogP contribution < -0.4 is 10.6 Å². The molecule has 0 radical (unpaired) electrons. The van der Waals surface area contributed by atoms with Crippen LogP contribution in [0, 0.1) is 11.6 Å². The Morgan fingerprint density at radius 2 is 1.86 bits per heavy atom. The number of hydrogen-bond acceptors (Lipinski definition) is 3. The van der Waals surface area contributed by atoms with Gasteiger partial charge >= 0.3 is 0 Å². The predicted molar refractivity (Wildman–Crippen MR) is 102 cm³/mol. The number of guanidine groups is 1. The Morgan fingerprint density at radius 3 is 2.57 bits per heavy atom. The number of benzene rings is 2. The molecule has 1 amide bonds. The van der Waals surface area contributed by atoms with Crippen LogP contribution in [0.3, 0.4) is 0 Å². The van der Waals surface area contributed by atoms with Gasteiger partial charge in [-0.15, -0.1) is 0 Å². The monoisotopic (exact) mass is 381 g/mol. The van der Waals surface area contributed by atoms with Gasteiger partial charge in [0.15, 0.2) is 5.82 Å². The Balaban J connectivity index is 1.50. The number of aliphatic imine (C=N–C) groups is 1. The molecule has 1 aliphatic carbocycles. The average Bonchev–Trinajstić information content (AvgIpc) is 3.37. The molecule has 3 aromatic rings. The second-order valence-electron chi connectivity index (χ2n) is 6.47. The van der Waals surface area contributed by atoms with Gasteiger partial charge in [-0.25, -0.2) is 13.8 Å². The molecule has 4 rings (SSSR count). The minimum atomic E-state index is -0.488. The fourth-order valence-electron chi connectivity index (χ4n) is 2.58. The summed E-state index contributed by atoms with van der Waals surface area (Å²) in [4.78, 5) is 16.8. The number of halogens is 2. The Labute approximate surface area is 159 Å². The highest BCUT2D eigenvalue weighted by atomic mass is 19.1. The van der Waals surface area contributed by atoms with Gasteiger partial charge in [0.25, 0.3) is 5.91 Å². The molecule has 0 bridgehead atoms. The Bertz CT molecular complexity index is 1030. The smallest absolute Gasteiger partial charge is 0.258 e. The second kappa shape index (κ2) is 7.59. The molecular formula is C20H17F2N5O. The lowest BCUT2D eigenvalue weighted by atomic mass is 10.1. The number of anilines is 1. The lowest BCUT2D eigenvalue weighted by Crippen LogP contribution is -2.36. The third-order valence-corrected chi connectivity index (χ3v) is 4.16. The number of rotatable bonds is 4. The number of aromatic nitrogens is 2. The first-order chi connectivity index (χ1) is 13.6. The summed E-state index contributed by atoms with van der Waals surface area (Å²) in [6, 6.07) is 13.3. The van der Waals surface area contributed by atoms with Gasteiger partial charge in [-0.05, 0) is 60.9 Å². The highest BCUT2D eigenvalue weighted by Gasteiger charge is 2.22. The van der Waals surface area contributed by atoms with Crippen molar-refractivity contribution < 1.29 is 13.6 Å². The van der Waals surface area contributed by atoms with Gasteiger partial charge in [-0.1, -0.05) is 6.07 Å². The van der Waals surface area contributed by atoms with Gasteiger partial charge in [0.2, 0.25) is 5.96 Å². The van der Waals surface area contributed by atoms with E-state index in [4.69, 9.17) is 0 Å². The van der Waals surface area contributed by atoms with E-state index in [0.29, 0.717) is 11.5 Å². The third-order valence-electron chi connectivity index (χ3n) is 4.16. The molecule has 1 saturated carbocycles. The molecule has 1 aromatic heterocycles. The third kappa shape index (κ3) is 4.40. The standard InChI is InChI=1S/C20H17F2N5O/c21-14-6-4-12(5-7-14)17-11-18(27-26-17)24-20(23-16-8-9-16)25-19(28)13-2-1-3-15(22)10-13/h1-7,10-11,16H,8-9H2,(H3,23,24,25,26,27,28). The molecule has 1 fully saturated rings. The lowest BCUT2D eigenvalue weighted by Gasteiger charge is -2.09. The van der Waals surface area contributed by atoms with Gasteiger partial charge in [0.05, 0.1) is 11.7 Å². The minimum Gasteiger partial charge on any atom is -0.309 e. The van der Waals surface area contributed by atoms with Crippen molar-refractivity contribution in [3.05, 3.63) is 71.8 Å². The largest absolute Gasteiger partial charge is 0.309 e. The first-order valence-electron chi connectivity index (χ1n) is 8.80. The molecular weight excluding hydrogens is 364 g/mol. The van der Waals surface area contributed by atoms with Crippen LogP contribution in [-0.2, 0) is 0 Å². The molecule has 2 aromatic carbocycles. The molecule has 6 nitrogen and oxygen atoms in total. The molecule has 0 unspecified atom stereocenters. The average molecular weight is 381 g/mol. The van der Waals surface area contributed by atoms with E-state index in [1.165, 1.54) is 30.3 Å². The van der Waals surface area contributed by atoms with E-state index in [0.717, 1.165) is 24.5 Å². The molecule has 0 aliphatic heterocycles. The van der Waals surface area contributed by atoms with E-state index in [1.54, 1.807) is 18.2 Å². The molecule has 8 heteroatoms. The number of hydrogen-bond donors (Lipinski definition) is 3. The van der Waals surface area contributed by atoms with Crippen LogP contribution >= 0.6 is 0 Å². The zero-order chi connectivity index (χ0) is 19.5. The van der Waals surface area contributed by atoms with E-state index >= 15 is 0 Å². The molecule has 1 aliphatic rings. The summed E-state index contributed by atoms with van der Waals surface area (Å²) in [6.45, 7) is 0. The zero-order valence-electron chi connectivity index (χ0n) is 14.7. The summed E-state index contributed by atoms with van der Waals surface area (Å²) in [5, 5.41) is 12.7. The van der Waals surface area contributed by atoms with Crippen molar-refractivity contribution in [3.63, 3.8) is 0 Å². The number of carbonyl (C=O) groups is 1. The number of nitrogens with one attached hydrogen (secondary N) is 3. The van der Waals surface area contributed by atoms with Crippen molar-refractivity contribution in [1.82, 2.24) is 15.5 Å². The fourth-order valence-corrected chi connectivity index (χ4v) is 2.58. The van der Waals surface area contributed by atoms with Crippen LogP contribution in [0.2, 0.25) is 0 Å². The maximum absolute atomic E-state index is 13.4. The molecule has 0 atom stereocenters. The van der Waals surface area contributed by atoms with Crippen molar-refractivity contribution in [3.8, 4) is 11.3 Å². The molecule has 3 N–H and O–H groups in total. The number of amides is 1. The van der Waals surface area contributed by atoms with Crippen molar-refractivity contribution in [2.24, 2.45) is 4.99 Å². The van der Waals surface area contributed by atoms with Crippen molar-refractivity contribution in [2.75, 3.05) is 5.32 Å². The van der Waals surface area contributed by atoms with E-state index in [9.17, 15) is 13.6 Å². The van der Waals surface area contributed by atoms with Crippen molar-refractivity contribution in [2.45, 2.75) is 18.9 Å². The molecule has 0 spiro atoms. The summed E-state index contributed by atoms with van der Waals surface area (Å²) in [6.07, 6.45) is 1.89. The van der Waals surface area contributed by atoms with Crippen LogP contribution in [0.1, 0.15) is 23.2 Å². The number of H-pyrrole nitrogens is 1. The van der Waals surface area contributed by atoms with Crippen LogP contribution in [0.25, 0.3) is 11.3 Å². The Hall–Kier alpha value is -3.55. The number of aromatic amines is 1. The minimum absolute atomic E-state index is 0.144. The maximum Gasteiger partial charge on any atom is 0.258 e. The van der Waals surface area contributed by atoms with E-state index in [1.807, 2.05) is 0 Å². The van der Waals surface area contributed by atoms with Gasteiger partial charge in [0.1, 0.15) is 11.6 Å². The quantitative estimate of drug-likeness (QED) is 0.476. The summed E-state index contributed by atoms with van der Waals surface area (Å²) in [5.74, 6) is -0.592. The lowest BCUT2D eigenvalue weighted by molar-refractivity contribution is 0.0976. The predicted octanol–water partition coefficient (Wildman–Crippen LogP) is 3.72. The second-order valence-corrected chi connectivity index (χ2v) is 6.47. The van der Waals surface area contributed by atoms with Gasteiger partial charge < -0.3 is 5.32 Å².